The predicted octanol–water partition coefficient (Wildman–Crippen LogP) is 2.38. The van der Waals surface area contributed by atoms with Crippen molar-refractivity contribution < 1.29 is 13.9 Å². The van der Waals surface area contributed by atoms with E-state index in [4.69, 9.17) is 4.74 Å². The summed E-state index contributed by atoms with van der Waals surface area (Å²) in [6.45, 7) is 4.14. The first-order valence-electron chi connectivity index (χ1n) is 10.3. The smallest absolute Gasteiger partial charge is 0.258 e. The van der Waals surface area contributed by atoms with Gasteiger partial charge in [-0.1, -0.05) is 24.3 Å². The van der Waals surface area contributed by atoms with Crippen LogP contribution in [0.1, 0.15) is 11.6 Å². The molecule has 1 saturated heterocycles. The van der Waals surface area contributed by atoms with Crippen molar-refractivity contribution in [1.29, 1.82) is 0 Å². The molecule has 0 saturated carbocycles. The molecular formula is C23H31FN4O2. The van der Waals surface area contributed by atoms with Gasteiger partial charge in [-0.25, -0.2) is 4.39 Å². The van der Waals surface area contributed by atoms with Crippen molar-refractivity contribution in [2.24, 2.45) is 0 Å². The standard InChI is InChI=1S/C23H31FN4O2/c1-26(2)19-10-8-18(9-11-19)21(28-14-12-27(3)13-15-28)16-25-23(29)17-30-22-7-5-4-6-20(22)24/h4-11,21H,12-17H2,1-3H3,(H,25,29)/t21-/m1/s1. The maximum atomic E-state index is 13.7. The first kappa shape index (κ1) is 22.1. The van der Waals surface area contributed by atoms with E-state index in [1.807, 2.05) is 14.1 Å². The van der Waals surface area contributed by atoms with Gasteiger partial charge in [0.05, 0.1) is 6.04 Å². The highest BCUT2D eigenvalue weighted by Gasteiger charge is 2.24. The molecule has 2 aromatic carbocycles. The molecule has 1 fully saturated rings. The summed E-state index contributed by atoms with van der Waals surface area (Å²) < 4.78 is 19.0. The molecule has 6 nitrogen and oxygen atoms in total. The Balaban J connectivity index is 1.63. The minimum Gasteiger partial charge on any atom is -0.481 e. The molecule has 0 aromatic heterocycles. The molecule has 0 spiro atoms. The van der Waals surface area contributed by atoms with Crippen molar-refractivity contribution in [2.75, 3.05) is 65.4 Å². The van der Waals surface area contributed by atoms with E-state index >= 15 is 0 Å². The lowest BCUT2D eigenvalue weighted by Gasteiger charge is -2.38. The molecule has 1 amide bonds. The van der Waals surface area contributed by atoms with Crippen LogP contribution >= 0.6 is 0 Å². The van der Waals surface area contributed by atoms with Crippen LogP contribution in [-0.4, -0.2) is 76.2 Å². The number of carbonyl (C=O) groups excluding carboxylic acids is 1. The van der Waals surface area contributed by atoms with Gasteiger partial charge in [-0.05, 0) is 36.9 Å². The van der Waals surface area contributed by atoms with Crippen molar-refractivity contribution in [3.63, 3.8) is 0 Å². The molecule has 162 valence electrons. The molecule has 0 bridgehead atoms. The Bertz CT molecular complexity index is 820. The number of rotatable bonds is 8. The molecule has 2 aromatic rings. The van der Waals surface area contributed by atoms with Crippen molar-refractivity contribution in [3.8, 4) is 5.75 Å². The zero-order chi connectivity index (χ0) is 21.5. The normalized spacial score (nSPS) is 16.1. The van der Waals surface area contributed by atoms with Gasteiger partial charge in [0.1, 0.15) is 0 Å². The van der Waals surface area contributed by atoms with Crippen LogP contribution in [0.5, 0.6) is 5.75 Å². The number of anilines is 1. The number of para-hydroxylation sites is 1. The summed E-state index contributed by atoms with van der Waals surface area (Å²) in [5, 5.41) is 2.96. The zero-order valence-electron chi connectivity index (χ0n) is 18.0. The Morgan fingerprint density at radius 1 is 1.10 bits per heavy atom. The number of ether oxygens (including phenoxy) is 1. The highest BCUT2D eigenvalue weighted by atomic mass is 19.1. The number of likely N-dealkylation sites (N-methyl/N-ethyl adjacent to an activating group) is 1. The largest absolute Gasteiger partial charge is 0.481 e. The van der Waals surface area contributed by atoms with E-state index < -0.39 is 5.82 Å². The summed E-state index contributed by atoms with van der Waals surface area (Å²) in [7, 11) is 6.16. The third-order valence-electron chi connectivity index (χ3n) is 5.46. The van der Waals surface area contributed by atoms with Crippen LogP contribution in [0.2, 0.25) is 0 Å². The molecule has 0 aliphatic carbocycles. The Hall–Kier alpha value is -2.64. The zero-order valence-corrected chi connectivity index (χ0v) is 18.0. The topological polar surface area (TPSA) is 48.1 Å². The third-order valence-corrected chi connectivity index (χ3v) is 5.46. The average molecular weight is 415 g/mol. The quantitative estimate of drug-likeness (QED) is 0.719. The number of hydrogen-bond donors (Lipinski definition) is 1. The molecule has 0 radical (unpaired) electrons. The van der Waals surface area contributed by atoms with Crippen LogP contribution < -0.4 is 15.0 Å². The van der Waals surface area contributed by atoms with E-state index in [1.165, 1.54) is 17.7 Å². The molecule has 3 rings (SSSR count). The SMILES string of the molecule is CN1CCN([C@H](CNC(=O)COc2ccccc2F)c2ccc(N(C)C)cc2)CC1. The first-order chi connectivity index (χ1) is 14.4. The second-order valence-corrected chi connectivity index (χ2v) is 7.86. The highest BCUT2D eigenvalue weighted by Crippen LogP contribution is 2.24. The fraction of sp³-hybridized carbons (Fsp3) is 0.435. The molecule has 7 heteroatoms. The summed E-state index contributed by atoms with van der Waals surface area (Å²) in [4.78, 5) is 19.1. The number of carbonyl (C=O) groups is 1. The van der Waals surface area contributed by atoms with Crippen LogP contribution in [0.3, 0.4) is 0 Å². The maximum Gasteiger partial charge on any atom is 0.258 e. The number of halogens is 1. The lowest BCUT2D eigenvalue weighted by Crippen LogP contribution is -2.48. The number of nitrogens with zero attached hydrogens (tertiary/aromatic N) is 3. The molecular weight excluding hydrogens is 383 g/mol. The van der Waals surface area contributed by atoms with Crippen LogP contribution in [-0.2, 0) is 4.79 Å². The lowest BCUT2D eigenvalue weighted by molar-refractivity contribution is -0.123. The second-order valence-electron chi connectivity index (χ2n) is 7.86. The molecule has 1 heterocycles. The first-order valence-corrected chi connectivity index (χ1v) is 10.3. The van der Waals surface area contributed by atoms with Crippen molar-refractivity contribution >= 4 is 11.6 Å². The van der Waals surface area contributed by atoms with Gasteiger partial charge in [-0.3, -0.25) is 9.69 Å². The van der Waals surface area contributed by atoms with Crippen molar-refractivity contribution in [2.45, 2.75) is 6.04 Å². The van der Waals surface area contributed by atoms with Gasteiger partial charge in [0.25, 0.3) is 5.91 Å². The van der Waals surface area contributed by atoms with Gasteiger partial charge in [0.15, 0.2) is 18.2 Å². The van der Waals surface area contributed by atoms with E-state index in [2.05, 4.69) is 51.3 Å². The van der Waals surface area contributed by atoms with Gasteiger partial charge in [-0.2, -0.15) is 0 Å². The molecule has 0 unspecified atom stereocenters. The molecule has 30 heavy (non-hydrogen) atoms. The molecule has 1 aliphatic rings. The summed E-state index contributed by atoms with van der Waals surface area (Å²) in [6.07, 6.45) is 0. The van der Waals surface area contributed by atoms with Crippen molar-refractivity contribution in [3.05, 3.63) is 59.9 Å². The minimum absolute atomic E-state index is 0.0762. The molecule has 1 N–H and O–H groups in total. The van der Waals surface area contributed by atoms with E-state index in [-0.39, 0.29) is 24.3 Å². The summed E-state index contributed by atoms with van der Waals surface area (Å²) in [5.41, 5.74) is 2.30. The van der Waals surface area contributed by atoms with E-state index in [0.717, 1.165) is 31.9 Å². The van der Waals surface area contributed by atoms with Crippen molar-refractivity contribution in [1.82, 2.24) is 15.1 Å². The van der Waals surface area contributed by atoms with Gasteiger partial charge >= 0.3 is 0 Å². The fourth-order valence-electron chi connectivity index (χ4n) is 3.55. The van der Waals surface area contributed by atoms with E-state index in [1.54, 1.807) is 12.1 Å². The molecule has 1 atom stereocenters. The Kier molecular flexibility index (Phi) is 7.65. The van der Waals surface area contributed by atoms with Gasteiger partial charge in [0, 0.05) is 52.5 Å². The van der Waals surface area contributed by atoms with Gasteiger partial charge in [-0.15, -0.1) is 0 Å². The summed E-state index contributed by atoms with van der Waals surface area (Å²) in [5.74, 6) is -0.647. The summed E-state index contributed by atoms with van der Waals surface area (Å²) >= 11 is 0. The third kappa shape index (κ3) is 5.93. The average Bonchev–Trinajstić information content (AvgIpc) is 2.75. The fourth-order valence-corrected chi connectivity index (χ4v) is 3.55. The lowest BCUT2D eigenvalue weighted by atomic mass is 10.0. The number of nitrogens with one attached hydrogen (secondary N) is 1. The van der Waals surface area contributed by atoms with Gasteiger partial charge < -0.3 is 19.9 Å². The Labute approximate surface area is 178 Å². The van der Waals surface area contributed by atoms with E-state index in [9.17, 15) is 9.18 Å². The minimum atomic E-state index is -0.471. The Morgan fingerprint density at radius 3 is 2.40 bits per heavy atom. The summed E-state index contributed by atoms with van der Waals surface area (Å²) in [6, 6.07) is 14.6. The number of benzene rings is 2. The predicted molar refractivity (Wildman–Crippen MR) is 117 cm³/mol. The highest BCUT2D eigenvalue weighted by molar-refractivity contribution is 5.77. The van der Waals surface area contributed by atoms with Crippen LogP contribution in [0.4, 0.5) is 10.1 Å². The Morgan fingerprint density at radius 2 is 1.77 bits per heavy atom. The van der Waals surface area contributed by atoms with Crippen LogP contribution in [0.15, 0.2) is 48.5 Å². The molecule has 1 aliphatic heterocycles. The second kappa shape index (κ2) is 10.4. The number of amides is 1. The maximum absolute atomic E-state index is 13.7. The van der Waals surface area contributed by atoms with Crippen LogP contribution in [0, 0.1) is 5.82 Å². The number of piperazine rings is 1. The monoisotopic (exact) mass is 414 g/mol. The van der Waals surface area contributed by atoms with Gasteiger partial charge in [0.2, 0.25) is 0 Å². The van der Waals surface area contributed by atoms with Crippen LogP contribution in [0.25, 0.3) is 0 Å². The number of hydrogen-bond acceptors (Lipinski definition) is 5. The van der Waals surface area contributed by atoms with E-state index in [0.29, 0.717) is 6.54 Å².